The molecule has 0 heterocycles. The van der Waals surface area contributed by atoms with Gasteiger partial charge < -0.3 is 10.0 Å². The Bertz CT molecular complexity index is 507. The molecular weight excluding hydrogens is 318 g/mol. The van der Waals surface area contributed by atoms with Crippen LogP contribution in [0.25, 0.3) is 6.08 Å². The van der Waals surface area contributed by atoms with Crippen molar-refractivity contribution in [2.24, 2.45) is 5.92 Å². The smallest absolute Gasteiger partial charge is 0.328 e. The van der Waals surface area contributed by atoms with E-state index < -0.39 is 5.97 Å². The minimum atomic E-state index is -0.919. The molecule has 1 saturated carbocycles. The number of carboxylic acids is 1. The van der Waals surface area contributed by atoms with Gasteiger partial charge in [0.25, 0.3) is 0 Å². The van der Waals surface area contributed by atoms with Crippen LogP contribution in [-0.4, -0.2) is 24.7 Å². The second-order valence-electron chi connectivity index (χ2n) is 5.41. The van der Waals surface area contributed by atoms with Gasteiger partial charge in [0.05, 0.1) is 0 Å². The fourth-order valence-corrected chi connectivity index (χ4v) is 3.18. The highest BCUT2D eigenvalue weighted by molar-refractivity contribution is 9.10. The number of anilines is 1. The Kier molecular flexibility index (Phi) is 5.24. The highest BCUT2D eigenvalue weighted by Gasteiger charge is 2.18. The molecule has 20 heavy (non-hydrogen) atoms. The normalized spacial score (nSPS) is 15.9. The highest BCUT2D eigenvalue weighted by Crippen LogP contribution is 2.30. The molecule has 0 unspecified atom stereocenters. The van der Waals surface area contributed by atoms with E-state index in [0.29, 0.717) is 0 Å². The maximum absolute atomic E-state index is 10.7. The molecule has 3 nitrogen and oxygen atoms in total. The summed E-state index contributed by atoms with van der Waals surface area (Å²) in [4.78, 5) is 12.9. The Hall–Kier alpha value is -1.29. The first-order chi connectivity index (χ1) is 9.56. The van der Waals surface area contributed by atoms with Crippen molar-refractivity contribution >= 4 is 33.7 Å². The Morgan fingerprint density at radius 2 is 2.15 bits per heavy atom. The first-order valence-electron chi connectivity index (χ1n) is 6.98. The molecule has 1 N–H and O–H groups in total. The summed E-state index contributed by atoms with van der Waals surface area (Å²) in [6, 6.07) is 5.94. The van der Waals surface area contributed by atoms with Crippen molar-refractivity contribution in [2.45, 2.75) is 25.7 Å². The predicted octanol–water partition coefficient (Wildman–Crippen LogP) is 4.17. The molecule has 0 aromatic heterocycles. The van der Waals surface area contributed by atoms with E-state index in [1.54, 1.807) is 6.08 Å². The van der Waals surface area contributed by atoms with Gasteiger partial charge >= 0.3 is 5.97 Å². The zero-order valence-electron chi connectivity index (χ0n) is 11.7. The molecule has 0 radical (unpaired) electrons. The second-order valence-corrected chi connectivity index (χ2v) is 6.32. The molecule has 0 spiro atoms. The number of carboxylic acid groups (broad SMARTS) is 1. The van der Waals surface area contributed by atoms with Crippen molar-refractivity contribution in [3.8, 4) is 0 Å². The fraction of sp³-hybridized carbons (Fsp3) is 0.438. The van der Waals surface area contributed by atoms with E-state index in [2.05, 4.69) is 33.9 Å². The van der Waals surface area contributed by atoms with Gasteiger partial charge in [-0.1, -0.05) is 34.8 Å². The minimum Gasteiger partial charge on any atom is -0.478 e. The number of benzene rings is 1. The number of nitrogens with zero attached hydrogens (tertiary/aromatic N) is 1. The van der Waals surface area contributed by atoms with Crippen LogP contribution in [0.2, 0.25) is 0 Å². The van der Waals surface area contributed by atoms with Crippen LogP contribution in [0.5, 0.6) is 0 Å². The molecule has 2 rings (SSSR count). The maximum atomic E-state index is 10.7. The highest BCUT2D eigenvalue weighted by atomic mass is 79.9. The van der Waals surface area contributed by atoms with E-state index in [-0.39, 0.29) is 0 Å². The quantitative estimate of drug-likeness (QED) is 0.819. The predicted molar refractivity (Wildman–Crippen MR) is 86.0 cm³/mol. The van der Waals surface area contributed by atoms with Crippen LogP contribution in [-0.2, 0) is 4.79 Å². The van der Waals surface area contributed by atoms with Crippen molar-refractivity contribution < 1.29 is 9.90 Å². The molecule has 1 aromatic carbocycles. The van der Waals surface area contributed by atoms with Crippen LogP contribution in [0.1, 0.15) is 31.2 Å². The minimum absolute atomic E-state index is 0.760. The third-order valence-electron chi connectivity index (χ3n) is 3.82. The first-order valence-corrected chi connectivity index (χ1v) is 7.77. The van der Waals surface area contributed by atoms with Crippen LogP contribution >= 0.6 is 15.9 Å². The van der Waals surface area contributed by atoms with Crippen LogP contribution in [0.15, 0.2) is 28.7 Å². The second kappa shape index (κ2) is 6.93. The molecule has 0 bridgehead atoms. The number of hydrogen-bond donors (Lipinski definition) is 1. The van der Waals surface area contributed by atoms with Gasteiger partial charge in [-0.15, -0.1) is 0 Å². The summed E-state index contributed by atoms with van der Waals surface area (Å²) in [5, 5.41) is 8.78. The Balaban J connectivity index is 2.18. The fourth-order valence-electron chi connectivity index (χ4n) is 2.83. The van der Waals surface area contributed by atoms with Crippen LogP contribution in [0.3, 0.4) is 0 Å². The van der Waals surface area contributed by atoms with E-state index >= 15 is 0 Å². The molecular formula is C16H20BrNO2. The Morgan fingerprint density at radius 1 is 1.45 bits per heavy atom. The van der Waals surface area contributed by atoms with E-state index in [9.17, 15) is 4.79 Å². The lowest BCUT2D eigenvalue weighted by Crippen LogP contribution is -2.24. The Morgan fingerprint density at radius 3 is 2.80 bits per heavy atom. The number of carbonyl (C=O) groups is 1. The Labute approximate surface area is 128 Å². The summed E-state index contributed by atoms with van der Waals surface area (Å²) < 4.78 is 1.01. The summed E-state index contributed by atoms with van der Waals surface area (Å²) in [6.07, 6.45) is 8.13. The summed E-state index contributed by atoms with van der Waals surface area (Å²) >= 11 is 3.49. The lowest BCUT2D eigenvalue weighted by Gasteiger charge is -2.25. The average Bonchev–Trinajstić information content (AvgIpc) is 2.89. The van der Waals surface area contributed by atoms with E-state index in [1.165, 1.54) is 31.8 Å². The van der Waals surface area contributed by atoms with Gasteiger partial charge in [0, 0.05) is 29.8 Å². The van der Waals surface area contributed by atoms with Gasteiger partial charge in [-0.05, 0) is 42.5 Å². The van der Waals surface area contributed by atoms with Gasteiger partial charge in [0.15, 0.2) is 0 Å². The van der Waals surface area contributed by atoms with Gasteiger partial charge in [0.1, 0.15) is 0 Å². The molecule has 0 atom stereocenters. The van der Waals surface area contributed by atoms with Gasteiger partial charge in [-0.25, -0.2) is 4.79 Å². The molecule has 1 fully saturated rings. The van der Waals surface area contributed by atoms with E-state index in [0.717, 1.165) is 28.2 Å². The van der Waals surface area contributed by atoms with Crippen molar-refractivity contribution in [1.29, 1.82) is 0 Å². The molecule has 4 heteroatoms. The lowest BCUT2D eigenvalue weighted by molar-refractivity contribution is -0.131. The van der Waals surface area contributed by atoms with Crippen molar-refractivity contribution in [2.75, 3.05) is 18.5 Å². The van der Waals surface area contributed by atoms with E-state index in [4.69, 9.17) is 5.11 Å². The topological polar surface area (TPSA) is 40.5 Å². The third kappa shape index (κ3) is 4.10. The zero-order valence-corrected chi connectivity index (χ0v) is 13.3. The average molecular weight is 338 g/mol. The van der Waals surface area contributed by atoms with Gasteiger partial charge in [-0.2, -0.15) is 0 Å². The molecule has 1 aromatic rings. The standard InChI is InChI=1S/C16H20BrNO2/c1-18(11-12-4-2-3-5-12)15-10-14(17)8-6-13(15)7-9-16(19)20/h6-10,12H,2-5,11H2,1H3,(H,19,20). The number of hydrogen-bond acceptors (Lipinski definition) is 2. The molecule has 0 amide bonds. The monoisotopic (exact) mass is 337 g/mol. The first kappa shape index (κ1) is 15.1. The molecule has 108 valence electrons. The number of rotatable bonds is 5. The summed E-state index contributed by atoms with van der Waals surface area (Å²) in [5.74, 6) is -0.160. The lowest BCUT2D eigenvalue weighted by atomic mass is 10.1. The largest absolute Gasteiger partial charge is 0.478 e. The molecule has 0 saturated heterocycles. The zero-order chi connectivity index (χ0) is 14.5. The molecule has 0 aliphatic heterocycles. The summed E-state index contributed by atoms with van der Waals surface area (Å²) in [6.45, 7) is 1.03. The van der Waals surface area contributed by atoms with Crippen molar-refractivity contribution in [1.82, 2.24) is 0 Å². The van der Waals surface area contributed by atoms with Crippen molar-refractivity contribution in [3.63, 3.8) is 0 Å². The van der Waals surface area contributed by atoms with Gasteiger partial charge in [-0.3, -0.25) is 0 Å². The molecule has 1 aliphatic carbocycles. The SMILES string of the molecule is CN(CC1CCCC1)c1cc(Br)ccc1C=CC(=O)O. The number of halogens is 1. The van der Waals surface area contributed by atoms with Gasteiger partial charge in [0.2, 0.25) is 0 Å². The summed E-state index contributed by atoms with van der Waals surface area (Å²) in [5.41, 5.74) is 2.01. The molecule has 1 aliphatic rings. The third-order valence-corrected chi connectivity index (χ3v) is 4.31. The maximum Gasteiger partial charge on any atom is 0.328 e. The van der Waals surface area contributed by atoms with E-state index in [1.807, 2.05) is 12.1 Å². The van der Waals surface area contributed by atoms with Crippen LogP contribution in [0, 0.1) is 5.92 Å². The van der Waals surface area contributed by atoms with Crippen LogP contribution < -0.4 is 4.90 Å². The summed E-state index contributed by atoms with van der Waals surface area (Å²) in [7, 11) is 2.08. The van der Waals surface area contributed by atoms with Crippen LogP contribution in [0.4, 0.5) is 5.69 Å². The van der Waals surface area contributed by atoms with Crippen molar-refractivity contribution in [3.05, 3.63) is 34.3 Å². The number of aliphatic carboxylic acids is 1.